The van der Waals surface area contributed by atoms with Crippen molar-refractivity contribution in [2.24, 2.45) is 0 Å². The molecule has 0 saturated heterocycles. The third kappa shape index (κ3) is 4.32. The molecule has 146 valence electrons. The lowest BCUT2D eigenvalue weighted by atomic mass is 10.1. The van der Waals surface area contributed by atoms with Crippen molar-refractivity contribution in [1.29, 1.82) is 0 Å². The van der Waals surface area contributed by atoms with Gasteiger partial charge in [-0.2, -0.15) is 0 Å². The fourth-order valence-corrected chi connectivity index (χ4v) is 4.86. The monoisotopic (exact) mass is 443 g/mol. The van der Waals surface area contributed by atoms with Crippen molar-refractivity contribution in [2.75, 3.05) is 0 Å². The maximum Gasteiger partial charge on any atom is 0.342 e. The van der Waals surface area contributed by atoms with Crippen LogP contribution in [0.1, 0.15) is 16.8 Å². The van der Waals surface area contributed by atoms with Crippen LogP contribution in [-0.2, 0) is 9.36 Å². The van der Waals surface area contributed by atoms with Gasteiger partial charge in [0.2, 0.25) is 5.91 Å². The number of halogens is 3. The highest BCUT2D eigenvalue weighted by Gasteiger charge is 2.38. The molecule has 0 aliphatic carbocycles. The van der Waals surface area contributed by atoms with E-state index in [4.69, 9.17) is 11.6 Å². The normalized spacial score (nSPS) is 13.2. The highest BCUT2D eigenvalue weighted by atomic mass is 35.5. The number of hydrogen-bond acceptors (Lipinski definition) is 3. The molecule has 0 aliphatic rings. The number of carbonyl (C=O) groups is 1. The van der Waals surface area contributed by atoms with Crippen molar-refractivity contribution < 1.29 is 27.9 Å². The molecule has 0 saturated carbocycles. The number of rotatable bonds is 5. The highest BCUT2D eigenvalue weighted by Crippen LogP contribution is 2.54. The fourth-order valence-electron chi connectivity index (χ4n) is 2.66. The summed E-state index contributed by atoms with van der Waals surface area (Å²) < 4.78 is 39.9. The standard InChI is InChI=1S/C18H13ClF2NO4PS/c19-10-4-5-16-12(8-10)13(9-28-16)17(27(24,25)26)18(23)22-7-6-11-14(20)2-1-3-15(11)21/h1-9,17H,(H,22,23)(H2,24,25,26). The fraction of sp³-hybridized carbons (Fsp3) is 0.0556. The second-order valence-electron chi connectivity index (χ2n) is 5.80. The Balaban J connectivity index is 1.92. The summed E-state index contributed by atoms with van der Waals surface area (Å²) in [7, 11) is -4.90. The number of amides is 1. The minimum atomic E-state index is -4.90. The first-order chi connectivity index (χ1) is 13.2. The van der Waals surface area contributed by atoms with E-state index in [1.165, 1.54) is 28.8 Å². The third-order valence-electron chi connectivity index (χ3n) is 3.92. The van der Waals surface area contributed by atoms with Crippen LogP contribution in [0.25, 0.3) is 16.2 Å². The van der Waals surface area contributed by atoms with Crippen molar-refractivity contribution in [3.05, 3.63) is 75.8 Å². The van der Waals surface area contributed by atoms with Gasteiger partial charge in [-0.25, -0.2) is 8.78 Å². The van der Waals surface area contributed by atoms with Gasteiger partial charge in [0.25, 0.3) is 0 Å². The van der Waals surface area contributed by atoms with Crippen LogP contribution in [0.3, 0.4) is 0 Å². The first-order valence-electron chi connectivity index (χ1n) is 7.81. The summed E-state index contributed by atoms with van der Waals surface area (Å²) in [4.78, 5) is 32.0. The Morgan fingerprint density at radius 2 is 1.89 bits per heavy atom. The smallest absolute Gasteiger partial charge is 0.332 e. The van der Waals surface area contributed by atoms with Crippen LogP contribution in [0, 0.1) is 11.6 Å². The second kappa shape index (κ2) is 8.11. The first-order valence-corrected chi connectivity index (χ1v) is 10.7. The maximum atomic E-state index is 13.6. The lowest BCUT2D eigenvalue weighted by Gasteiger charge is -2.17. The SMILES string of the molecule is O=C(NC=Cc1c(F)cccc1F)C(c1csc2ccc(Cl)cc12)P(=O)(O)O. The van der Waals surface area contributed by atoms with Gasteiger partial charge >= 0.3 is 7.60 Å². The molecule has 0 aliphatic heterocycles. The molecule has 2 aromatic carbocycles. The molecule has 10 heteroatoms. The van der Waals surface area contributed by atoms with Gasteiger partial charge in [-0.3, -0.25) is 9.36 Å². The molecule has 0 bridgehead atoms. The zero-order valence-corrected chi connectivity index (χ0v) is 16.4. The van der Waals surface area contributed by atoms with E-state index in [0.717, 1.165) is 24.4 Å². The van der Waals surface area contributed by atoms with E-state index in [1.54, 1.807) is 12.1 Å². The van der Waals surface area contributed by atoms with Crippen LogP contribution in [0.4, 0.5) is 8.78 Å². The minimum absolute atomic E-state index is 0.124. The lowest BCUT2D eigenvalue weighted by Crippen LogP contribution is -2.25. The minimum Gasteiger partial charge on any atom is -0.332 e. The van der Waals surface area contributed by atoms with Crippen LogP contribution < -0.4 is 5.32 Å². The van der Waals surface area contributed by atoms with Gasteiger partial charge in [0, 0.05) is 21.5 Å². The zero-order valence-electron chi connectivity index (χ0n) is 14.0. The molecule has 1 unspecified atom stereocenters. The number of carbonyl (C=O) groups excluding carboxylic acids is 1. The molecule has 3 aromatic rings. The average Bonchev–Trinajstić information content (AvgIpc) is 2.99. The van der Waals surface area contributed by atoms with Gasteiger partial charge in [0.1, 0.15) is 11.6 Å². The summed E-state index contributed by atoms with van der Waals surface area (Å²) in [5.41, 5.74) is -2.06. The summed E-state index contributed by atoms with van der Waals surface area (Å²) in [6.45, 7) is 0. The molecule has 3 rings (SSSR count). The molecule has 1 atom stereocenters. The van der Waals surface area contributed by atoms with E-state index < -0.39 is 30.8 Å². The van der Waals surface area contributed by atoms with Crippen LogP contribution >= 0.6 is 30.5 Å². The number of hydrogen-bond donors (Lipinski definition) is 3. The lowest BCUT2D eigenvalue weighted by molar-refractivity contribution is -0.120. The van der Waals surface area contributed by atoms with Crippen molar-refractivity contribution >= 4 is 52.6 Å². The second-order valence-corrected chi connectivity index (χ2v) is 8.84. The summed E-state index contributed by atoms with van der Waals surface area (Å²) in [6, 6.07) is 8.11. The molecule has 3 N–H and O–H groups in total. The van der Waals surface area contributed by atoms with E-state index in [2.05, 4.69) is 5.32 Å². The third-order valence-corrected chi connectivity index (χ3v) is 6.32. The largest absolute Gasteiger partial charge is 0.342 e. The molecule has 1 aromatic heterocycles. The Labute approximate surface area is 167 Å². The predicted molar refractivity (Wildman–Crippen MR) is 105 cm³/mol. The molecular weight excluding hydrogens is 431 g/mol. The predicted octanol–water partition coefficient (Wildman–Crippen LogP) is 4.84. The molecule has 0 fully saturated rings. The summed E-state index contributed by atoms with van der Waals surface area (Å²) >= 11 is 7.16. The molecule has 1 heterocycles. The molecule has 28 heavy (non-hydrogen) atoms. The van der Waals surface area contributed by atoms with E-state index in [9.17, 15) is 27.9 Å². The molecular formula is C18H13ClF2NO4PS. The van der Waals surface area contributed by atoms with E-state index in [1.807, 2.05) is 0 Å². The van der Waals surface area contributed by atoms with Crippen LogP contribution in [0.2, 0.25) is 5.02 Å². The van der Waals surface area contributed by atoms with Gasteiger partial charge in [0.15, 0.2) is 5.66 Å². The molecule has 5 nitrogen and oxygen atoms in total. The van der Waals surface area contributed by atoms with Gasteiger partial charge in [-0.1, -0.05) is 17.7 Å². The van der Waals surface area contributed by atoms with Crippen molar-refractivity contribution in [3.8, 4) is 0 Å². The van der Waals surface area contributed by atoms with E-state index in [0.29, 0.717) is 15.1 Å². The van der Waals surface area contributed by atoms with Crippen molar-refractivity contribution in [2.45, 2.75) is 5.66 Å². The first kappa shape index (κ1) is 20.6. The Hall–Kier alpha value is -2.09. The maximum absolute atomic E-state index is 13.6. The Morgan fingerprint density at radius 3 is 2.54 bits per heavy atom. The number of thiophene rings is 1. The quantitative estimate of drug-likeness (QED) is 0.492. The van der Waals surface area contributed by atoms with Crippen molar-refractivity contribution in [1.82, 2.24) is 5.32 Å². The Bertz CT molecular complexity index is 1110. The van der Waals surface area contributed by atoms with E-state index >= 15 is 0 Å². The zero-order chi connectivity index (χ0) is 20.5. The van der Waals surface area contributed by atoms with Gasteiger partial charge < -0.3 is 15.1 Å². The highest BCUT2D eigenvalue weighted by molar-refractivity contribution is 7.53. The topological polar surface area (TPSA) is 86.6 Å². The van der Waals surface area contributed by atoms with Crippen LogP contribution in [0.5, 0.6) is 0 Å². The number of benzene rings is 2. The van der Waals surface area contributed by atoms with Crippen molar-refractivity contribution in [3.63, 3.8) is 0 Å². The number of nitrogens with one attached hydrogen (secondary N) is 1. The van der Waals surface area contributed by atoms with Gasteiger partial charge in [-0.05, 0) is 52.7 Å². The average molecular weight is 444 g/mol. The van der Waals surface area contributed by atoms with Crippen LogP contribution in [-0.4, -0.2) is 15.7 Å². The van der Waals surface area contributed by atoms with Crippen LogP contribution in [0.15, 0.2) is 48.0 Å². The number of fused-ring (bicyclic) bond motifs is 1. The Morgan fingerprint density at radius 1 is 1.21 bits per heavy atom. The van der Waals surface area contributed by atoms with Gasteiger partial charge in [-0.15, -0.1) is 11.3 Å². The summed E-state index contributed by atoms with van der Waals surface area (Å²) in [5, 5.41) is 4.47. The van der Waals surface area contributed by atoms with E-state index in [-0.39, 0.29) is 11.1 Å². The Kier molecular flexibility index (Phi) is 5.98. The molecule has 1 amide bonds. The molecule has 0 radical (unpaired) electrons. The molecule has 0 spiro atoms. The van der Waals surface area contributed by atoms with Gasteiger partial charge in [0.05, 0.1) is 0 Å². The summed E-state index contributed by atoms with van der Waals surface area (Å²) in [5.74, 6) is -2.69. The summed E-state index contributed by atoms with van der Waals surface area (Å²) in [6.07, 6.45) is 1.91.